The maximum absolute atomic E-state index is 14.0. The van der Waals surface area contributed by atoms with Crippen LogP contribution >= 0.6 is 0 Å². The van der Waals surface area contributed by atoms with E-state index in [1.165, 1.54) is 12.1 Å². The number of halogens is 1. The second-order valence-electron chi connectivity index (χ2n) is 8.42. The van der Waals surface area contributed by atoms with Crippen molar-refractivity contribution in [2.45, 2.75) is 38.3 Å². The summed E-state index contributed by atoms with van der Waals surface area (Å²) in [6.07, 6.45) is 6.77. The first-order chi connectivity index (χ1) is 14.9. The molecule has 1 aromatic heterocycles. The van der Waals surface area contributed by atoms with Crippen LogP contribution < -0.4 is 10.2 Å². The van der Waals surface area contributed by atoms with Crippen LogP contribution in [0.5, 0.6) is 0 Å². The van der Waals surface area contributed by atoms with E-state index in [1.54, 1.807) is 18.2 Å². The lowest BCUT2D eigenvalue weighted by molar-refractivity contribution is 0.130. The summed E-state index contributed by atoms with van der Waals surface area (Å²) < 4.78 is 19.2. The summed E-state index contributed by atoms with van der Waals surface area (Å²) in [4.78, 5) is 23.4. The Morgan fingerprint density at radius 2 is 2.13 bits per heavy atom. The number of allylic oxidation sites excluding steroid dienone is 2. The van der Waals surface area contributed by atoms with Gasteiger partial charge in [-0.15, -0.1) is 0 Å². The van der Waals surface area contributed by atoms with Crippen molar-refractivity contribution >= 4 is 22.8 Å². The molecular weight excluding hydrogens is 399 g/mol. The molecule has 1 aliphatic carbocycles. The van der Waals surface area contributed by atoms with Gasteiger partial charge < -0.3 is 20.1 Å². The van der Waals surface area contributed by atoms with Gasteiger partial charge in [0.1, 0.15) is 17.5 Å². The van der Waals surface area contributed by atoms with Crippen molar-refractivity contribution in [1.29, 1.82) is 0 Å². The fourth-order valence-electron chi connectivity index (χ4n) is 3.85. The fraction of sp³-hybridized carbons (Fsp3) is 0.435. The number of nitrogens with one attached hydrogen (secondary N) is 1. The Morgan fingerprint density at radius 1 is 1.32 bits per heavy atom. The number of nitrogens with zero attached hydrogens (tertiary/aromatic N) is 3. The van der Waals surface area contributed by atoms with Gasteiger partial charge in [-0.05, 0) is 30.5 Å². The van der Waals surface area contributed by atoms with Gasteiger partial charge >= 0.3 is 6.09 Å². The van der Waals surface area contributed by atoms with E-state index in [9.17, 15) is 14.3 Å². The monoisotopic (exact) mass is 426 g/mol. The number of hydrogen-bond donors (Lipinski definition) is 2. The minimum absolute atomic E-state index is 0.0928. The van der Waals surface area contributed by atoms with Crippen LogP contribution in [0.25, 0.3) is 10.9 Å². The molecule has 8 heteroatoms. The van der Waals surface area contributed by atoms with Crippen molar-refractivity contribution in [1.82, 2.24) is 15.3 Å². The molecule has 1 aromatic carbocycles. The molecule has 2 aromatic rings. The number of carbonyl (C=O) groups is 1. The molecule has 2 aliphatic rings. The second kappa shape index (κ2) is 9.01. The molecule has 3 atom stereocenters. The Kier molecular flexibility index (Phi) is 6.18. The summed E-state index contributed by atoms with van der Waals surface area (Å²) in [6, 6.07) is 4.34. The number of rotatable bonds is 5. The average molecular weight is 426 g/mol. The summed E-state index contributed by atoms with van der Waals surface area (Å²) in [7, 11) is 0. The Morgan fingerprint density at radius 3 is 2.90 bits per heavy atom. The second-order valence-corrected chi connectivity index (χ2v) is 8.42. The molecule has 2 heterocycles. The first-order valence-electron chi connectivity index (χ1n) is 10.6. The van der Waals surface area contributed by atoms with E-state index in [0.29, 0.717) is 42.2 Å². The number of fused-ring (bicyclic) bond motifs is 1. The average Bonchev–Trinajstić information content (AvgIpc) is 3.20. The molecule has 0 bridgehead atoms. The number of aromatic nitrogens is 2. The molecule has 1 amide bonds. The van der Waals surface area contributed by atoms with Crippen LogP contribution in [0, 0.1) is 11.7 Å². The van der Waals surface area contributed by atoms with Crippen molar-refractivity contribution in [2.75, 3.05) is 24.6 Å². The number of aliphatic hydroxyl groups excluding tert-OH is 1. The van der Waals surface area contributed by atoms with Crippen LogP contribution in [0.2, 0.25) is 0 Å². The lowest BCUT2D eigenvalue weighted by atomic mass is 9.96. The first-order valence-corrected chi connectivity index (χ1v) is 10.6. The van der Waals surface area contributed by atoms with Crippen LogP contribution in [0.1, 0.15) is 32.0 Å². The largest absolute Gasteiger partial charge is 0.449 e. The Hall–Kier alpha value is -3.00. The summed E-state index contributed by atoms with van der Waals surface area (Å²) >= 11 is 0. The van der Waals surface area contributed by atoms with E-state index in [0.717, 1.165) is 6.42 Å². The van der Waals surface area contributed by atoms with Gasteiger partial charge in [0.15, 0.2) is 0 Å². The van der Waals surface area contributed by atoms with Gasteiger partial charge in [0.05, 0.1) is 30.2 Å². The van der Waals surface area contributed by atoms with Crippen LogP contribution in [0.4, 0.5) is 15.0 Å². The maximum Gasteiger partial charge on any atom is 0.407 e. The third-order valence-electron chi connectivity index (χ3n) is 5.42. The molecule has 0 saturated carbocycles. The third-order valence-corrected chi connectivity index (χ3v) is 5.42. The number of anilines is 1. The topological polar surface area (TPSA) is 87.6 Å². The normalized spacial score (nSPS) is 23.0. The predicted octanol–water partition coefficient (Wildman–Crippen LogP) is 3.30. The minimum atomic E-state index is -0.723. The van der Waals surface area contributed by atoms with E-state index in [2.05, 4.69) is 10.3 Å². The fourth-order valence-corrected chi connectivity index (χ4v) is 3.85. The molecule has 0 spiro atoms. The molecule has 7 nitrogen and oxygen atoms in total. The van der Waals surface area contributed by atoms with Crippen molar-refractivity contribution in [3.63, 3.8) is 0 Å². The van der Waals surface area contributed by atoms with Gasteiger partial charge in [0, 0.05) is 18.5 Å². The molecule has 0 radical (unpaired) electrons. The van der Waals surface area contributed by atoms with Crippen molar-refractivity contribution in [2.24, 2.45) is 5.92 Å². The highest BCUT2D eigenvalue weighted by Crippen LogP contribution is 2.31. The van der Waals surface area contributed by atoms with Gasteiger partial charge in [-0.2, -0.15) is 0 Å². The van der Waals surface area contributed by atoms with Crippen LogP contribution in [0.15, 0.2) is 42.5 Å². The van der Waals surface area contributed by atoms with Crippen molar-refractivity contribution < 1.29 is 19.0 Å². The zero-order valence-electron chi connectivity index (χ0n) is 17.7. The zero-order valence-corrected chi connectivity index (χ0v) is 17.7. The third kappa shape index (κ3) is 4.85. The Balaban J connectivity index is 1.59. The van der Waals surface area contributed by atoms with E-state index in [4.69, 9.17) is 9.72 Å². The molecule has 1 aliphatic heterocycles. The number of ether oxygens (including phenoxy) is 1. The number of amides is 1. The smallest absolute Gasteiger partial charge is 0.407 e. The van der Waals surface area contributed by atoms with Crippen LogP contribution in [-0.4, -0.2) is 53.0 Å². The first kappa shape index (κ1) is 21.2. The number of alkyl carbamates (subject to hydrolysis) is 1. The molecule has 31 heavy (non-hydrogen) atoms. The molecular formula is C23H27FN4O3. The van der Waals surface area contributed by atoms with Gasteiger partial charge in [-0.25, -0.2) is 19.2 Å². The number of carbonyl (C=O) groups excluding carboxylic acids is 1. The zero-order chi connectivity index (χ0) is 22.0. The molecule has 164 valence electrons. The number of benzene rings is 1. The van der Waals surface area contributed by atoms with E-state index in [-0.39, 0.29) is 23.7 Å². The summed E-state index contributed by atoms with van der Waals surface area (Å²) in [6.45, 7) is 5.51. The van der Waals surface area contributed by atoms with E-state index < -0.39 is 12.2 Å². The Bertz CT molecular complexity index is 1020. The predicted molar refractivity (Wildman–Crippen MR) is 116 cm³/mol. The van der Waals surface area contributed by atoms with Gasteiger partial charge in [-0.3, -0.25) is 0 Å². The maximum atomic E-state index is 14.0. The highest BCUT2D eigenvalue weighted by Gasteiger charge is 2.29. The van der Waals surface area contributed by atoms with E-state index >= 15 is 0 Å². The molecule has 1 saturated heterocycles. The summed E-state index contributed by atoms with van der Waals surface area (Å²) in [5.41, 5.74) is 0.615. The number of hydrogen-bond acceptors (Lipinski definition) is 6. The highest BCUT2D eigenvalue weighted by atomic mass is 19.1. The highest BCUT2D eigenvalue weighted by molar-refractivity contribution is 5.90. The molecule has 2 N–H and O–H groups in total. The summed E-state index contributed by atoms with van der Waals surface area (Å²) in [5, 5.41) is 13.9. The number of aliphatic hydroxyl groups is 1. The molecule has 2 unspecified atom stereocenters. The van der Waals surface area contributed by atoms with Gasteiger partial charge in [0.25, 0.3) is 0 Å². The lowest BCUT2D eigenvalue weighted by Crippen LogP contribution is -2.38. The SMILES string of the molecule is CC(C)COC(=O)N[C@@H]1CCN(c2nc(C3C=CC=CC3O)nc3ccc(F)cc23)C1. The minimum Gasteiger partial charge on any atom is -0.449 e. The quantitative estimate of drug-likeness (QED) is 0.763. The summed E-state index contributed by atoms with van der Waals surface area (Å²) in [5.74, 6) is 0.618. The van der Waals surface area contributed by atoms with Crippen LogP contribution in [0.3, 0.4) is 0 Å². The van der Waals surface area contributed by atoms with Crippen LogP contribution in [-0.2, 0) is 4.74 Å². The standard InChI is InChI=1S/C23H27FN4O3/c1-14(2)13-31-23(30)25-16-9-10-28(12-16)22-18-11-15(24)7-8-19(18)26-21(27-22)17-5-3-4-6-20(17)29/h3-8,11,14,16-17,20,29H,9-10,12-13H2,1-2H3,(H,25,30)/t16-,17?,20?/m1/s1. The van der Waals surface area contributed by atoms with Gasteiger partial charge in [0.2, 0.25) is 0 Å². The van der Waals surface area contributed by atoms with Crippen molar-refractivity contribution in [3.8, 4) is 0 Å². The van der Waals surface area contributed by atoms with Gasteiger partial charge in [-0.1, -0.05) is 38.2 Å². The van der Waals surface area contributed by atoms with E-state index in [1.807, 2.05) is 30.9 Å². The lowest BCUT2D eigenvalue weighted by Gasteiger charge is -2.23. The molecule has 1 fully saturated rings. The molecule has 4 rings (SSSR count). The van der Waals surface area contributed by atoms with Crippen molar-refractivity contribution in [3.05, 3.63) is 54.1 Å². The Labute approximate surface area is 180 Å².